The Balaban J connectivity index is 1.58. The molecule has 1 fully saturated rings. The summed E-state index contributed by atoms with van der Waals surface area (Å²) < 4.78 is 1.72. The maximum Gasteiger partial charge on any atom is 0.249 e. The SMILES string of the molecule is CCc1nnc2ccc(N[C@@H]3C[C@@H](C)N(c4ccccc4)C3=O)nn12. The molecule has 1 saturated heterocycles. The van der Waals surface area contributed by atoms with Crippen LogP contribution in [0.1, 0.15) is 26.1 Å². The van der Waals surface area contributed by atoms with Gasteiger partial charge >= 0.3 is 0 Å². The van der Waals surface area contributed by atoms with E-state index in [9.17, 15) is 4.79 Å². The third-order valence-electron chi connectivity index (χ3n) is 4.55. The topological polar surface area (TPSA) is 75.4 Å². The minimum atomic E-state index is -0.290. The fraction of sp³-hybridized carbons (Fsp3) is 0.333. The average molecular weight is 336 g/mol. The number of carbonyl (C=O) groups excluding carboxylic acids is 1. The lowest BCUT2D eigenvalue weighted by molar-refractivity contribution is -0.117. The number of amides is 1. The Hall–Kier alpha value is -2.96. The number of aryl methyl sites for hydroxylation is 1. The molecule has 0 aliphatic carbocycles. The van der Waals surface area contributed by atoms with Crippen LogP contribution in [0.4, 0.5) is 11.5 Å². The van der Waals surface area contributed by atoms with E-state index in [-0.39, 0.29) is 18.0 Å². The quantitative estimate of drug-likeness (QED) is 0.791. The van der Waals surface area contributed by atoms with Crippen molar-refractivity contribution in [2.45, 2.75) is 38.8 Å². The first-order chi connectivity index (χ1) is 12.2. The van der Waals surface area contributed by atoms with E-state index in [4.69, 9.17) is 0 Å². The summed E-state index contributed by atoms with van der Waals surface area (Å²) in [6, 6.07) is 13.3. The molecule has 0 spiro atoms. The van der Waals surface area contributed by atoms with Gasteiger partial charge < -0.3 is 10.2 Å². The molecule has 1 aliphatic rings. The number of fused-ring (bicyclic) bond motifs is 1. The Bertz CT molecular complexity index is 906. The van der Waals surface area contributed by atoms with Gasteiger partial charge in [-0.25, -0.2) is 0 Å². The zero-order valence-electron chi connectivity index (χ0n) is 14.3. The van der Waals surface area contributed by atoms with Crippen molar-refractivity contribution in [3.05, 3.63) is 48.3 Å². The van der Waals surface area contributed by atoms with Gasteiger partial charge in [-0.05, 0) is 37.6 Å². The largest absolute Gasteiger partial charge is 0.357 e. The molecule has 128 valence electrons. The maximum absolute atomic E-state index is 12.9. The van der Waals surface area contributed by atoms with Gasteiger partial charge in [0.2, 0.25) is 5.91 Å². The molecule has 3 heterocycles. The van der Waals surface area contributed by atoms with E-state index in [0.29, 0.717) is 11.5 Å². The smallest absolute Gasteiger partial charge is 0.249 e. The summed E-state index contributed by atoms with van der Waals surface area (Å²) in [5.41, 5.74) is 1.64. The van der Waals surface area contributed by atoms with Crippen LogP contribution in [0.25, 0.3) is 5.65 Å². The summed E-state index contributed by atoms with van der Waals surface area (Å²) in [7, 11) is 0. The van der Waals surface area contributed by atoms with Crippen molar-refractivity contribution in [1.82, 2.24) is 19.8 Å². The molecule has 1 N–H and O–H groups in total. The first-order valence-electron chi connectivity index (χ1n) is 8.53. The molecule has 1 aliphatic heterocycles. The Labute approximate surface area is 145 Å². The number of para-hydroxylation sites is 1. The predicted octanol–water partition coefficient (Wildman–Crippen LogP) is 2.29. The summed E-state index contributed by atoms with van der Waals surface area (Å²) >= 11 is 0. The van der Waals surface area contributed by atoms with Gasteiger partial charge in [0.25, 0.3) is 0 Å². The molecule has 0 unspecified atom stereocenters. The van der Waals surface area contributed by atoms with Gasteiger partial charge in [0.05, 0.1) is 0 Å². The molecular weight excluding hydrogens is 316 g/mol. The lowest BCUT2D eigenvalue weighted by Crippen LogP contribution is -2.35. The summed E-state index contributed by atoms with van der Waals surface area (Å²) in [6.07, 6.45) is 1.48. The highest BCUT2D eigenvalue weighted by molar-refractivity contribution is 6.01. The molecular formula is C18H20N6O. The monoisotopic (exact) mass is 336 g/mol. The van der Waals surface area contributed by atoms with Crippen LogP contribution in [0, 0.1) is 0 Å². The van der Waals surface area contributed by atoms with Crippen molar-refractivity contribution < 1.29 is 4.79 Å². The molecule has 7 heteroatoms. The maximum atomic E-state index is 12.9. The molecule has 2 aromatic heterocycles. The third-order valence-corrected chi connectivity index (χ3v) is 4.55. The number of anilines is 2. The van der Waals surface area contributed by atoms with Gasteiger partial charge in [0.1, 0.15) is 11.9 Å². The first kappa shape index (κ1) is 15.6. The Kier molecular flexibility index (Phi) is 3.83. The van der Waals surface area contributed by atoms with E-state index in [2.05, 4.69) is 27.5 Å². The standard InChI is InChI=1S/C18H20N6O/c1-3-16-20-21-17-10-9-15(22-24(16)17)19-14-11-12(2)23(18(14)25)13-7-5-4-6-8-13/h4-10,12,14H,3,11H2,1-2H3,(H,19,22)/t12-,14-/m1/s1. The van der Waals surface area contributed by atoms with E-state index in [1.807, 2.05) is 54.3 Å². The first-order valence-corrected chi connectivity index (χ1v) is 8.53. The molecule has 7 nitrogen and oxygen atoms in total. The normalized spacial score (nSPS) is 20.4. The van der Waals surface area contributed by atoms with E-state index in [1.165, 1.54) is 0 Å². The second-order valence-electron chi connectivity index (χ2n) is 6.28. The molecule has 1 amide bonds. The van der Waals surface area contributed by atoms with Gasteiger partial charge in [0, 0.05) is 18.2 Å². The number of hydrogen-bond acceptors (Lipinski definition) is 5. The Morgan fingerprint density at radius 3 is 2.72 bits per heavy atom. The Morgan fingerprint density at radius 1 is 1.16 bits per heavy atom. The number of benzene rings is 1. The van der Waals surface area contributed by atoms with E-state index in [0.717, 1.165) is 24.4 Å². The zero-order valence-corrected chi connectivity index (χ0v) is 14.3. The molecule has 0 radical (unpaired) electrons. The van der Waals surface area contributed by atoms with Crippen molar-refractivity contribution in [1.29, 1.82) is 0 Å². The second kappa shape index (κ2) is 6.16. The number of carbonyl (C=O) groups is 1. The van der Waals surface area contributed by atoms with Crippen molar-refractivity contribution in [3.8, 4) is 0 Å². The predicted molar refractivity (Wildman–Crippen MR) is 95.6 cm³/mol. The highest BCUT2D eigenvalue weighted by Crippen LogP contribution is 2.28. The van der Waals surface area contributed by atoms with Gasteiger partial charge in [-0.15, -0.1) is 15.3 Å². The molecule has 1 aromatic carbocycles. The number of rotatable bonds is 4. The second-order valence-corrected chi connectivity index (χ2v) is 6.28. The van der Waals surface area contributed by atoms with Gasteiger partial charge in [-0.1, -0.05) is 25.1 Å². The van der Waals surface area contributed by atoms with Gasteiger partial charge in [-0.2, -0.15) is 4.52 Å². The van der Waals surface area contributed by atoms with Crippen molar-refractivity contribution in [2.75, 3.05) is 10.2 Å². The zero-order chi connectivity index (χ0) is 17.4. The molecule has 2 atom stereocenters. The number of aromatic nitrogens is 4. The third kappa shape index (κ3) is 2.71. The highest BCUT2D eigenvalue weighted by Gasteiger charge is 2.38. The van der Waals surface area contributed by atoms with Crippen LogP contribution in [0.3, 0.4) is 0 Å². The average Bonchev–Trinajstić information content (AvgIpc) is 3.16. The number of nitrogens with one attached hydrogen (secondary N) is 1. The lowest BCUT2D eigenvalue weighted by atomic mass is 10.2. The van der Waals surface area contributed by atoms with Crippen LogP contribution in [0.5, 0.6) is 0 Å². The number of nitrogens with zero attached hydrogens (tertiary/aromatic N) is 5. The minimum absolute atomic E-state index is 0.0695. The van der Waals surface area contributed by atoms with Crippen LogP contribution >= 0.6 is 0 Å². The molecule has 4 rings (SSSR count). The van der Waals surface area contributed by atoms with Crippen molar-refractivity contribution in [3.63, 3.8) is 0 Å². The fourth-order valence-corrected chi connectivity index (χ4v) is 3.33. The molecule has 3 aromatic rings. The van der Waals surface area contributed by atoms with Crippen LogP contribution in [0.2, 0.25) is 0 Å². The Morgan fingerprint density at radius 2 is 1.96 bits per heavy atom. The summed E-state index contributed by atoms with van der Waals surface area (Å²) in [5.74, 6) is 1.53. The van der Waals surface area contributed by atoms with Crippen LogP contribution < -0.4 is 10.2 Å². The molecule has 0 bridgehead atoms. The van der Waals surface area contributed by atoms with Crippen molar-refractivity contribution in [2.24, 2.45) is 0 Å². The lowest BCUT2D eigenvalue weighted by Gasteiger charge is -2.21. The summed E-state index contributed by atoms with van der Waals surface area (Å²) in [6.45, 7) is 4.08. The van der Waals surface area contributed by atoms with E-state index in [1.54, 1.807) is 4.52 Å². The minimum Gasteiger partial charge on any atom is -0.357 e. The number of hydrogen-bond donors (Lipinski definition) is 1. The fourth-order valence-electron chi connectivity index (χ4n) is 3.33. The van der Waals surface area contributed by atoms with E-state index >= 15 is 0 Å². The summed E-state index contributed by atoms with van der Waals surface area (Å²) in [5, 5.41) is 16.0. The molecule has 25 heavy (non-hydrogen) atoms. The van der Waals surface area contributed by atoms with Crippen LogP contribution in [0.15, 0.2) is 42.5 Å². The van der Waals surface area contributed by atoms with Gasteiger partial charge in [0.15, 0.2) is 11.5 Å². The van der Waals surface area contributed by atoms with E-state index < -0.39 is 0 Å². The highest BCUT2D eigenvalue weighted by atomic mass is 16.2. The van der Waals surface area contributed by atoms with Gasteiger partial charge in [-0.3, -0.25) is 4.79 Å². The van der Waals surface area contributed by atoms with Crippen LogP contribution in [-0.2, 0) is 11.2 Å². The molecule has 0 saturated carbocycles. The van der Waals surface area contributed by atoms with Crippen LogP contribution in [-0.4, -0.2) is 37.8 Å². The summed E-state index contributed by atoms with van der Waals surface area (Å²) in [4.78, 5) is 14.7. The van der Waals surface area contributed by atoms with Crippen molar-refractivity contribution >= 4 is 23.1 Å².